The Balaban J connectivity index is 2.44. The van der Waals surface area contributed by atoms with E-state index >= 15 is 0 Å². The summed E-state index contributed by atoms with van der Waals surface area (Å²) in [6.45, 7) is 1.97. The van der Waals surface area contributed by atoms with Crippen LogP contribution in [0.2, 0.25) is 0 Å². The van der Waals surface area contributed by atoms with Crippen LogP contribution in [0, 0.1) is 23.2 Å². The molecule has 74 valence electrons. The summed E-state index contributed by atoms with van der Waals surface area (Å²) in [5.74, 6) is 0.237. The van der Waals surface area contributed by atoms with E-state index in [2.05, 4.69) is 6.07 Å². The molecule has 2 heteroatoms. The molecule has 1 fully saturated rings. The number of aliphatic hydroxyl groups is 1. The van der Waals surface area contributed by atoms with Crippen LogP contribution in [0.5, 0.6) is 0 Å². The number of hydrogen-bond donors (Lipinski definition) is 1. The second kappa shape index (κ2) is 5.24. The van der Waals surface area contributed by atoms with Crippen LogP contribution in [0.4, 0.5) is 0 Å². The first kappa shape index (κ1) is 10.5. The van der Waals surface area contributed by atoms with E-state index in [-0.39, 0.29) is 12.0 Å². The number of rotatable bonds is 3. The minimum Gasteiger partial charge on any atom is -0.391 e. The second-order valence-corrected chi connectivity index (χ2v) is 4.03. The van der Waals surface area contributed by atoms with Crippen molar-refractivity contribution in [2.45, 2.75) is 51.6 Å². The number of hydrogen-bond acceptors (Lipinski definition) is 2. The molecule has 0 bridgehead atoms. The third-order valence-corrected chi connectivity index (χ3v) is 3.15. The summed E-state index contributed by atoms with van der Waals surface area (Å²) in [4.78, 5) is 0. The molecule has 1 saturated carbocycles. The van der Waals surface area contributed by atoms with Crippen molar-refractivity contribution in [2.24, 2.45) is 11.8 Å². The number of nitrogens with zero attached hydrogens (tertiary/aromatic N) is 1. The zero-order valence-corrected chi connectivity index (χ0v) is 8.37. The van der Waals surface area contributed by atoms with Gasteiger partial charge in [0.25, 0.3) is 0 Å². The summed E-state index contributed by atoms with van der Waals surface area (Å²) in [6.07, 6.45) is 6.36. The first-order valence-corrected chi connectivity index (χ1v) is 5.37. The summed E-state index contributed by atoms with van der Waals surface area (Å²) in [6, 6.07) is 2.20. The zero-order chi connectivity index (χ0) is 9.68. The average molecular weight is 181 g/mol. The molecule has 0 aromatic carbocycles. The molecule has 2 unspecified atom stereocenters. The van der Waals surface area contributed by atoms with Crippen LogP contribution >= 0.6 is 0 Å². The Hall–Kier alpha value is -0.550. The summed E-state index contributed by atoms with van der Waals surface area (Å²) in [5.41, 5.74) is 0. The minimum atomic E-state index is -0.379. The molecule has 1 N–H and O–H groups in total. The quantitative estimate of drug-likeness (QED) is 0.727. The molecule has 0 aromatic heterocycles. The molecule has 2 atom stereocenters. The van der Waals surface area contributed by atoms with Gasteiger partial charge in [-0.05, 0) is 25.2 Å². The largest absolute Gasteiger partial charge is 0.391 e. The van der Waals surface area contributed by atoms with Gasteiger partial charge in [-0.15, -0.1) is 0 Å². The van der Waals surface area contributed by atoms with Crippen molar-refractivity contribution in [3.8, 4) is 6.07 Å². The Labute approximate surface area is 80.6 Å². The molecule has 0 spiro atoms. The van der Waals surface area contributed by atoms with Crippen LogP contribution in [-0.4, -0.2) is 11.2 Å². The molecule has 1 rings (SSSR count). The van der Waals surface area contributed by atoms with Gasteiger partial charge in [-0.1, -0.05) is 26.2 Å². The first-order chi connectivity index (χ1) is 6.29. The maximum absolute atomic E-state index is 9.91. The van der Waals surface area contributed by atoms with Gasteiger partial charge in [0.2, 0.25) is 0 Å². The zero-order valence-electron chi connectivity index (χ0n) is 8.37. The van der Waals surface area contributed by atoms with Crippen molar-refractivity contribution in [2.75, 3.05) is 0 Å². The predicted molar refractivity (Wildman–Crippen MR) is 52.0 cm³/mol. The number of aliphatic hydroxyl groups excluding tert-OH is 1. The van der Waals surface area contributed by atoms with Crippen LogP contribution in [-0.2, 0) is 0 Å². The van der Waals surface area contributed by atoms with Gasteiger partial charge in [0.15, 0.2) is 0 Å². The molecule has 0 heterocycles. The van der Waals surface area contributed by atoms with Crippen LogP contribution in [0.3, 0.4) is 0 Å². The Bertz CT molecular complexity index is 179. The van der Waals surface area contributed by atoms with Crippen LogP contribution in [0.15, 0.2) is 0 Å². The Morgan fingerprint density at radius 1 is 1.38 bits per heavy atom. The van der Waals surface area contributed by atoms with E-state index in [1.807, 2.05) is 6.92 Å². The van der Waals surface area contributed by atoms with Gasteiger partial charge in [-0.25, -0.2) is 0 Å². The second-order valence-electron chi connectivity index (χ2n) is 4.03. The molecule has 13 heavy (non-hydrogen) atoms. The lowest BCUT2D eigenvalue weighted by Crippen LogP contribution is -2.29. The van der Waals surface area contributed by atoms with Crippen LogP contribution < -0.4 is 0 Å². The molecule has 2 nitrogen and oxygen atoms in total. The van der Waals surface area contributed by atoms with E-state index in [1.54, 1.807) is 0 Å². The Kier molecular flexibility index (Phi) is 4.24. The van der Waals surface area contributed by atoms with Gasteiger partial charge < -0.3 is 5.11 Å². The Morgan fingerprint density at radius 3 is 2.46 bits per heavy atom. The third-order valence-electron chi connectivity index (χ3n) is 3.15. The molecule has 1 aliphatic rings. The fraction of sp³-hybridized carbons (Fsp3) is 0.909. The highest BCUT2D eigenvalue weighted by atomic mass is 16.3. The minimum absolute atomic E-state index is 0.150. The van der Waals surface area contributed by atoms with Crippen molar-refractivity contribution in [3.05, 3.63) is 0 Å². The summed E-state index contributed by atoms with van der Waals surface area (Å²) in [5, 5.41) is 18.7. The van der Waals surface area contributed by atoms with E-state index in [9.17, 15) is 5.11 Å². The lowest BCUT2D eigenvalue weighted by atomic mass is 9.80. The monoisotopic (exact) mass is 181 g/mol. The normalized spacial score (nSPS) is 23.5. The van der Waals surface area contributed by atoms with E-state index in [1.165, 1.54) is 19.3 Å². The average Bonchev–Trinajstić information content (AvgIpc) is 2.21. The van der Waals surface area contributed by atoms with Crippen LogP contribution in [0.1, 0.15) is 45.4 Å². The smallest absolute Gasteiger partial charge is 0.0726 e. The van der Waals surface area contributed by atoms with Crippen molar-refractivity contribution in [1.29, 1.82) is 5.26 Å². The van der Waals surface area contributed by atoms with Gasteiger partial charge in [0.1, 0.15) is 0 Å². The van der Waals surface area contributed by atoms with Gasteiger partial charge in [0.05, 0.1) is 18.1 Å². The summed E-state index contributed by atoms with van der Waals surface area (Å²) >= 11 is 0. The SMILES string of the molecule is CCC(C#N)C(O)C1CCCCC1. The topological polar surface area (TPSA) is 44.0 Å². The summed E-state index contributed by atoms with van der Waals surface area (Å²) < 4.78 is 0. The van der Waals surface area contributed by atoms with E-state index < -0.39 is 0 Å². The van der Waals surface area contributed by atoms with Gasteiger partial charge in [0, 0.05) is 0 Å². The molecule has 0 amide bonds. The lowest BCUT2D eigenvalue weighted by Gasteiger charge is -2.28. The number of nitriles is 1. The molecule has 0 aromatic rings. The maximum atomic E-state index is 9.91. The highest BCUT2D eigenvalue weighted by Crippen LogP contribution is 2.30. The van der Waals surface area contributed by atoms with E-state index in [0.717, 1.165) is 19.3 Å². The standard InChI is InChI=1S/C11H19NO/c1-2-9(8-12)11(13)10-6-4-3-5-7-10/h9-11,13H,2-7H2,1H3. The molecule has 0 saturated heterocycles. The highest BCUT2D eigenvalue weighted by Gasteiger charge is 2.27. The fourth-order valence-corrected chi connectivity index (χ4v) is 2.21. The molecule has 0 radical (unpaired) electrons. The Morgan fingerprint density at radius 2 is 2.00 bits per heavy atom. The van der Waals surface area contributed by atoms with Gasteiger partial charge in [-0.3, -0.25) is 0 Å². The van der Waals surface area contributed by atoms with Crippen molar-refractivity contribution >= 4 is 0 Å². The molecular formula is C11H19NO. The van der Waals surface area contributed by atoms with Crippen molar-refractivity contribution in [3.63, 3.8) is 0 Å². The predicted octanol–water partition coefficient (Wildman–Crippen LogP) is 2.48. The summed E-state index contributed by atoms with van der Waals surface area (Å²) in [7, 11) is 0. The van der Waals surface area contributed by atoms with E-state index in [0.29, 0.717) is 5.92 Å². The first-order valence-electron chi connectivity index (χ1n) is 5.37. The van der Waals surface area contributed by atoms with Crippen molar-refractivity contribution < 1.29 is 5.11 Å². The molecule has 0 aliphatic heterocycles. The van der Waals surface area contributed by atoms with Gasteiger partial charge >= 0.3 is 0 Å². The maximum Gasteiger partial charge on any atom is 0.0726 e. The lowest BCUT2D eigenvalue weighted by molar-refractivity contribution is 0.0511. The van der Waals surface area contributed by atoms with Gasteiger partial charge in [-0.2, -0.15) is 5.26 Å². The molecule has 1 aliphatic carbocycles. The van der Waals surface area contributed by atoms with Crippen molar-refractivity contribution in [1.82, 2.24) is 0 Å². The van der Waals surface area contributed by atoms with E-state index in [4.69, 9.17) is 5.26 Å². The van der Waals surface area contributed by atoms with Crippen LogP contribution in [0.25, 0.3) is 0 Å². The highest BCUT2D eigenvalue weighted by molar-refractivity contribution is 4.90. The fourth-order valence-electron chi connectivity index (χ4n) is 2.21. The third kappa shape index (κ3) is 2.70. The molecular weight excluding hydrogens is 162 g/mol.